The van der Waals surface area contributed by atoms with Crippen molar-refractivity contribution in [3.05, 3.63) is 51.9 Å². The smallest absolute Gasteiger partial charge is 0.350 e. The molecule has 0 N–H and O–H groups in total. The van der Waals surface area contributed by atoms with Crippen LogP contribution in [-0.4, -0.2) is 39.7 Å². The van der Waals surface area contributed by atoms with E-state index in [-0.39, 0.29) is 4.88 Å². The van der Waals surface area contributed by atoms with Gasteiger partial charge in [-0.25, -0.2) is 4.79 Å². The van der Waals surface area contributed by atoms with Crippen molar-refractivity contribution in [2.45, 2.75) is 0 Å². The lowest BCUT2D eigenvalue weighted by molar-refractivity contribution is 0.0479. The van der Waals surface area contributed by atoms with Gasteiger partial charge in [-0.1, -0.05) is 11.6 Å². The first kappa shape index (κ1) is 20.0. The molecule has 8 heteroatoms. The maximum atomic E-state index is 12.5. The number of halogens is 1. The van der Waals surface area contributed by atoms with Crippen molar-refractivity contribution in [2.24, 2.45) is 0 Å². The lowest BCUT2D eigenvalue weighted by Crippen LogP contribution is -2.14. The Morgan fingerprint density at radius 3 is 2.32 bits per heavy atom. The second-order valence-corrected chi connectivity index (χ2v) is 7.10. The lowest BCUT2D eigenvalue weighted by Gasteiger charge is -2.09. The van der Waals surface area contributed by atoms with Crippen LogP contribution in [0.2, 0.25) is 5.02 Å². The van der Waals surface area contributed by atoms with Crippen molar-refractivity contribution >= 4 is 44.8 Å². The predicted molar refractivity (Wildman–Crippen MR) is 108 cm³/mol. The molecular formula is C20H17ClO6S. The van der Waals surface area contributed by atoms with Gasteiger partial charge in [0.25, 0.3) is 0 Å². The zero-order valence-corrected chi connectivity index (χ0v) is 17.0. The predicted octanol–water partition coefficient (Wildman–Crippen LogP) is 4.62. The van der Waals surface area contributed by atoms with E-state index in [0.29, 0.717) is 27.8 Å². The molecule has 0 fully saturated rings. The number of benzene rings is 2. The fraction of sp³-hybridized carbons (Fsp3) is 0.200. The topological polar surface area (TPSA) is 71.1 Å². The van der Waals surface area contributed by atoms with Gasteiger partial charge < -0.3 is 18.9 Å². The third-order valence-corrected chi connectivity index (χ3v) is 5.70. The van der Waals surface area contributed by atoms with Gasteiger partial charge in [-0.2, -0.15) is 0 Å². The first-order valence-corrected chi connectivity index (χ1v) is 9.36. The Bertz CT molecular complexity index is 1040. The molecule has 2 aromatic carbocycles. The van der Waals surface area contributed by atoms with Gasteiger partial charge in [0.15, 0.2) is 6.61 Å². The molecule has 0 atom stereocenters. The van der Waals surface area contributed by atoms with E-state index in [1.165, 1.54) is 25.6 Å². The van der Waals surface area contributed by atoms with Crippen LogP contribution in [0.25, 0.3) is 10.1 Å². The van der Waals surface area contributed by atoms with Gasteiger partial charge in [-0.05, 0) is 30.3 Å². The number of esters is 1. The number of ketones is 1. The zero-order valence-electron chi connectivity index (χ0n) is 15.4. The molecule has 3 aromatic rings. The van der Waals surface area contributed by atoms with Crippen LogP contribution in [0.15, 0.2) is 36.4 Å². The number of carbonyl (C=O) groups excluding carboxylic acids is 2. The van der Waals surface area contributed by atoms with E-state index in [4.69, 9.17) is 30.5 Å². The normalized spacial score (nSPS) is 10.6. The highest BCUT2D eigenvalue weighted by molar-refractivity contribution is 7.21. The number of carbonyl (C=O) groups is 2. The minimum absolute atomic E-state index is 0.236. The average molecular weight is 421 g/mol. The van der Waals surface area contributed by atoms with Crippen LogP contribution >= 0.6 is 22.9 Å². The maximum absolute atomic E-state index is 12.5. The highest BCUT2D eigenvalue weighted by Crippen LogP contribution is 2.37. The van der Waals surface area contributed by atoms with Crippen LogP contribution in [0.3, 0.4) is 0 Å². The summed E-state index contributed by atoms with van der Waals surface area (Å²) < 4.78 is 21.5. The van der Waals surface area contributed by atoms with E-state index in [2.05, 4.69) is 0 Å². The Balaban J connectivity index is 1.76. The molecule has 1 heterocycles. The summed E-state index contributed by atoms with van der Waals surface area (Å²) in [5.74, 6) is 0.495. The minimum Gasteiger partial charge on any atom is -0.497 e. The number of thiophene rings is 1. The molecule has 6 nitrogen and oxygen atoms in total. The van der Waals surface area contributed by atoms with Crippen molar-refractivity contribution in [3.63, 3.8) is 0 Å². The zero-order chi connectivity index (χ0) is 20.3. The number of rotatable bonds is 7. The second-order valence-electron chi connectivity index (χ2n) is 5.67. The van der Waals surface area contributed by atoms with Gasteiger partial charge in [0.1, 0.15) is 22.1 Å². The van der Waals surface area contributed by atoms with Gasteiger partial charge in [0, 0.05) is 16.2 Å². The van der Waals surface area contributed by atoms with Gasteiger partial charge in [0.05, 0.1) is 31.9 Å². The van der Waals surface area contributed by atoms with E-state index in [1.807, 2.05) is 0 Å². The van der Waals surface area contributed by atoms with Crippen molar-refractivity contribution in [3.8, 4) is 17.2 Å². The number of Topliss-reactive ketones (excluding diaryl/α,β-unsaturated/α-hetero) is 1. The number of methoxy groups -OCH3 is 3. The Morgan fingerprint density at radius 1 is 0.964 bits per heavy atom. The summed E-state index contributed by atoms with van der Waals surface area (Å²) in [4.78, 5) is 25.1. The number of ether oxygens (including phenoxy) is 4. The van der Waals surface area contributed by atoms with Gasteiger partial charge in [-0.3, -0.25) is 4.79 Å². The average Bonchev–Trinajstić information content (AvgIpc) is 3.06. The van der Waals surface area contributed by atoms with Crippen LogP contribution in [0.4, 0.5) is 0 Å². The summed E-state index contributed by atoms with van der Waals surface area (Å²) in [6, 6.07) is 10.1. The third kappa shape index (κ3) is 3.90. The Morgan fingerprint density at radius 2 is 1.64 bits per heavy atom. The molecule has 0 bridgehead atoms. The number of fused-ring (bicyclic) bond motifs is 1. The first-order chi connectivity index (χ1) is 13.5. The fourth-order valence-corrected chi connectivity index (χ4v) is 4.04. The Kier molecular flexibility index (Phi) is 6.06. The van der Waals surface area contributed by atoms with Crippen molar-refractivity contribution < 1.29 is 28.5 Å². The molecular weight excluding hydrogens is 404 g/mol. The van der Waals surface area contributed by atoms with Crippen LogP contribution in [-0.2, 0) is 4.74 Å². The van der Waals surface area contributed by atoms with Crippen molar-refractivity contribution in [2.75, 3.05) is 27.9 Å². The summed E-state index contributed by atoms with van der Waals surface area (Å²) in [5, 5.41) is 1.02. The van der Waals surface area contributed by atoms with Gasteiger partial charge >= 0.3 is 5.97 Å². The molecule has 28 heavy (non-hydrogen) atoms. The Hall–Kier alpha value is -2.77. The monoisotopic (exact) mass is 420 g/mol. The van der Waals surface area contributed by atoms with Crippen LogP contribution < -0.4 is 14.2 Å². The highest BCUT2D eigenvalue weighted by atomic mass is 35.5. The lowest BCUT2D eigenvalue weighted by atomic mass is 10.1. The Labute approximate surface area is 170 Å². The van der Waals surface area contributed by atoms with Crippen LogP contribution in [0, 0.1) is 0 Å². The molecule has 0 spiro atoms. The molecule has 146 valence electrons. The standard InChI is InChI=1S/C20H17ClO6S/c1-24-11-4-6-13(16(8-11)26-3)15(22)10-27-20(23)19-18(21)14-7-5-12(25-2)9-17(14)28-19/h4-9H,10H2,1-3H3. The van der Waals surface area contributed by atoms with E-state index >= 15 is 0 Å². The SMILES string of the molecule is COc1ccc(C(=O)COC(=O)c2sc3cc(OC)ccc3c2Cl)c(OC)c1. The number of hydrogen-bond donors (Lipinski definition) is 0. The molecule has 0 amide bonds. The highest BCUT2D eigenvalue weighted by Gasteiger charge is 2.21. The summed E-state index contributed by atoms with van der Waals surface area (Å²) >= 11 is 7.49. The van der Waals surface area contributed by atoms with Crippen LogP contribution in [0.1, 0.15) is 20.0 Å². The minimum atomic E-state index is -0.661. The van der Waals surface area contributed by atoms with E-state index in [0.717, 1.165) is 10.1 Å². The third-order valence-electron chi connectivity index (χ3n) is 4.07. The van der Waals surface area contributed by atoms with E-state index < -0.39 is 18.4 Å². The number of hydrogen-bond acceptors (Lipinski definition) is 7. The molecule has 1 aromatic heterocycles. The van der Waals surface area contributed by atoms with E-state index in [9.17, 15) is 9.59 Å². The summed E-state index contributed by atoms with van der Waals surface area (Å²) in [6.07, 6.45) is 0. The molecule has 0 saturated carbocycles. The summed E-state index contributed by atoms with van der Waals surface area (Å²) in [6.45, 7) is -0.435. The first-order valence-electron chi connectivity index (χ1n) is 8.17. The second kappa shape index (κ2) is 8.50. The van der Waals surface area contributed by atoms with E-state index in [1.54, 1.807) is 43.5 Å². The van der Waals surface area contributed by atoms with Gasteiger partial charge in [0.2, 0.25) is 5.78 Å². The largest absolute Gasteiger partial charge is 0.497 e. The molecule has 3 rings (SSSR count). The fourth-order valence-electron chi connectivity index (χ4n) is 2.61. The molecule has 0 aliphatic rings. The molecule has 0 unspecified atom stereocenters. The molecule has 0 radical (unpaired) electrons. The molecule has 0 aliphatic carbocycles. The van der Waals surface area contributed by atoms with Crippen LogP contribution in [0.5, 0.6) is 17.2 Å². The van der Waals surface area contributed by atoms with Gasteiger partial charge in [-0.15, -0.1) is 11.3 Å². The maximum Gasteiger partial charge on any atom is 0.350 e. The summed E-state index contributed by atoms with van der Waals surface area (Å²) in [5.41, 5.74) is 0.295. The summed E-state index contributed by atoms with van der Waals surface area (Å²) in [7, 11) is 4.52. The van der Waals surface area contributed by atoms with Crippen molar-refractivity contribution in [1.29, 1.82) is 0 Å². The quantitative estimate of drug-likeness (QED) is 0.410. The van der Waals surface area contributed by atoms with Crippen molar-refractivity contribution in [1.82, 2.24) is 0 Å². The molecule has 0 saturated heterocycles. The molecule has 0 aliphatic heterocycles.